The SMILES string of the molecule is NCCN1CCC(=O)N1c1ccccc1F. The summed E-state index contributed by atoms with van der Waals surface area (Å²) in [5.74, 6) is -0.474. The van der Waals surface area contributed by atoms with Crippen LogP contribution in [0, 0.1) is 5.82 Å². The van der Waals surface area contributed by atoms with Crippen LogP contribution in [0.1, 0.15) is 6.42 Å². The molecule has 2 rings (SSSR count). The maximum absolute atomic E-state index is 13.6. The number of rotatable bonds is 3. The molecule has 1 aliphatic heterocycles. The van der Waals surface area contributed by atoms with Crippen LogP contribution in [0.4, 0.5) is 10.1 Å². The second kappa shape index (κ2) is 4.59. The van der Waals surface area contributed by atoms with Gasteiger partial charge < -0.3 is 5.73 Å². The molecule has 0 radical (unpaired) electrons. The number of halogens is 1. The van der Waals surface area contributed by atoms with Crippen molar-refractivity contribution >= 4 is 11.6 Å². The molecule has 1 amide bonds. The van der Waals surface area contributed by atoms with Crippen LogP contribution in [0.3, 0.4) is 0 Å². The molecule has 1 aromatic carbocycles. The van der Waals surface area contributed by atoms with Crippen LogP contribution in [0.25, 0.3) is 0 Å². The van der Waals surface area contributed by atoms with Crippen molar-refractivity contribution in [3.63, 3.8) is 0 Å². The Balaban J connectivity index is 2.30. The van der Waals surface area contributed by atoms with Gasteiger partial charge in [-0.1, -0.05) is 12.1 Å². The zero-order valence-corrected chi connectivity index (χ0v) is 8.90. The van der Waals surface area contributed by atoms with Gasteiger partial charge in [0.25, 0.3) is 0 Å². The Morgan fingerprint density at radius 3 is 2.81 bits per heavy atom. The number of nitrogens with two attached hydrogens (primary N) is 1. The predicted octanol–water partition coefficient (Wildman–Crippen LogP) is 0.738. The standard InChI is InChI=1S/C11H14FN3O/c12-9-3-1-2-4-10(9)15-11(16)5-7-14(15)8-6-13/h1-4H,5-8,13H2. The average Bonchev–Trinajstić information content (AvgIpc) is 2.62. The number of anilines is 1. The summed E-state index contributed by atoms with van der Waals surface area (Å²) in [5, 5.41) is 3.17. The van der Waals surface area contributed by atoms with Crippen molar-refractivity contribution in [1.82, 2.24) is 5.01 Å². The van der Waals surface area contributed by atoms with E-state index in [0.717, 1.165) is 0 Å². The second-order valence-electron chi connectivity index (χ2n) is 3.65. The highest BCUT2D eigenvalue weighted by atomic mass is 19.1. The van der Waals surface area contributed by atoms with Gasteiger partial charge in [-0.05, 0) is 12.1 Å². The highest BCUT2D eigenvalue weighted by molar-refractivity contribution is 5.94. The Morgan fingerprint density at radius 2 is 2.12 bits per heavy atom. The molecular weight excluding hydrogens is 209 g/mol. The zero-order chi connectivity index (χ0) is 11.5. The van der Waals surface area contributed by atoms with Crippen LogP contribution in [-0.4, -0.2) is 30.6 Å². The lowest BCUT2D eigenvalue weighted by Crippen LogP contribution is -2.42. The molecule has 0 atom stereocenters. The molecule has 1 aromatic rings. The van der Waals surface area contributed by atoms with Gasteiger partial charge >= 0.3 is 0 Å². The smallest absolute Gasteiger partial charge is 0.243 e. The first-order chi connectivity index (χ1) is 7.74. The molecule has 0 unspecified atom stereocenters. The van der Waals surface area contributed by atoms with Gasteiger partial charge in [0.05, 0.1) is 5.69 Å². The first-order valence-electron chi connectivity index (χ1n) is 5.26. The lowest BCUT2D eigenvalue weighted by atomic mass is 10.3. The molecule has 1 saturated heterocycles. The lowest BCUT2D eigenvalue weighted by molar-refractivity contribution is -0.118. The Bertz CT molecular complexity index is 397. The molecule has 0 aliphatic carbocycles. The van der Waals surface area contributed by atoms with E-state index >= 15 is 0 Å². The Kier molecular flexibility index (Phi) is 3.17. The van der Waals surface area contributed by atoms with E-state index in [0.29, 0.717) is 31.7 Å². The van der Waals surface area contributed by atoms with Crippen molar-refractivity contribution in [3.8, 4) is 0 Å². The zero-order valence-electron chi connectivity index (χ0n) is 8.90. The average molecular weight is 223 g/mol. The van der Waals surface area contributed by atoms with Gasteiger partial charge in [0.1, 0.15) is 5.82 Å². The fourth-order valence-electron chi connectivity index (χ4n) is 1.86. The highest BCUT2D eigenvalue weighted by Crippen LogP contribution is 2.24. The van der Waals surface area contributed by atoms with E-state index in [1.807, 2.05) is 0 Å². The number of hydrazine groups is 1. The summed E-state index contributed by atoms with van der Waals surface area (Å²) >= 11 is 0. The van der Waals surface area contributed by atoms with Crippen molar-refractivity contribution in [2.45, 2.75) is 6.42 Å². The summed E-state index contributed by atoms with van der Waals surface area (Å²) in [4.78, 5) is 11.7. The first kappa shape index (κ1) is 11.0. The molecular formula is C11H14FN3O. The largest absolute Gasteiger partial charge is 0.329 e. The highest BCUT2D eigenvalue weighted by Gasteiger charge is 2.31. The number of carbonyl (C=O) groups is 1. The summed E-state index contributed by atoms with van der Waals surface area (Å²) in [5.41, 5.74) is 5.76. The molecule has 0 saturated carbocycles. The minimum Gasteiger partial charge on any atom is -0.329 e. The molecule has 1 aliphatic rings. The summed E-state index contributed by atoms with van der Waals surface area (Å²) in [6, 6.07) is 6.26. The van der Waals surface area contributed by atoms with Gasteiger partial charge in [0.2, 0.25) is 5.91 Å². The maximum Gasteiger partial charge on any atom is 0.243 e. The second-order valence-corrected chi connectivity index (χ2v) is 3.65. The molecule has 5 heteroatoms. The van der Waals surface area contributed by atoms with Crippen molar-refractivity contribution in [1.29, 1.82) is 0 Å². The molecule has 0 bridgehead atoms. The van der Waals surface area contributed by atoms with Gasteiger partial charge in [-0.3, -0.25) is 4.79 Å². The van der Waals surface area contributed by atoms with Crippen molar-refractivity contribution < 1.29 is 9.18 Å². The monoisotopic (exact) mass is 223 g/mol. The van der Waals surface area contributed by atoms with Crippen molar-refractivity contribution in [2.24, 2.45) is 5.73 Å². The third-order valence-corrected chi connectivity index (χ3v) is 2.57. The topological polar surface area (TPSA) is 49.6 Å². The van der Waals surface area contributed by atoms with Crippen LogP contribution in [0.15, 0.2) is 24.3 Å². The van der Waals surface area contributed by atoms with Crippen LogP contribution in [0.2, 0.25) is 0 Å². The fourth-order valence-corrected chi connectivity index (χ4v) is 1.86. The van der Waals surface area contributed by atoms with Crippen LogP contribution >= 0.6 is 0 Å². The number of para-hydroxylation sites is 1. The quantitative estimate of drug-likeness (QED) is 0.822. The van der Waals surface area contributed by atoms with Gasteiger partial charge in [0, 0.05) is 26.1 Å². The third-order valence-electron chi connectivity index (χ3n) is 2.57. The summed E-state index contributed by atoms with van der Waals surface area (Å²) in [6.45, 7) is 1.60. The molecule has 86 valence electrons. The molecule has 0 aromatic heterocycles. The molecule has 4 nitrogen and oxygen atoms in total. The van der Waals surface area contributed by atoms with Gasteiger partial charge in [-0.15, -0.1) is 0 Å². The normalized spacial score (nSPS) is 17.1. The van der Waals surface area contributed by atoms with E-state index in [1.165, 1.54) is 11.1 Å². The number of benzene rings is 1. The number of hydrogen-bond acceptors (Lipinski definition) is 3. The number of amides is 1. The Hall–Kier alpha value is -1.46. The molecule has 1 heterocycles. The van der Waals surface area contributed by atoms with Gasteiger partial charge in [-0.25, -0.2) is 14.4 Å². The van der Waals surface area contributed by atoms with Gasteiger partial charge in [0.15, 0.2) is 0 Å². The van der Waals surface area contributed by atoms with Crippen LogP contribution < -0.4 is 10.7 Å². The molecule has 2 N–H and O–H groups in total. The fraction of sp³-hybridized carbons (Fsp3) is 0.364. The van der Waals surface area contributed by atoms with E-state index in [1.54, 1.807) is 23.2 Å². The summed E-state index contributed by atoms with van der Waals surface area (Å²) < 4.78 is 13.6. The number of hydrogen-bond donors (Lipinski definition) is 1. The molecule has 0 spiro atoms. The van der Waals surface area contributed by atoms with E-state index in [4.69, 9.17) is 5.73 Å². The first-order valence-corrected chi connectivity index (χ1v) is 5.26. The van der Waals surface area contributed by atoms with Crippen LogP contribution in [-0.2, 0) is 4.79 Å². The predicted molar refractivity (Wildman–Crippen MR) is 59.1 cm³/mol. The summed E-state index contributed by atoms with van der Waals surface area (Å²) in [6.07, 6.45) is 0.411. The van der Waals surface area contributed by atoms with E-state index in [2.05, 4.69) is 0 Å². The minimum atomic E-state index is -0.389. The molecule has 1 fully saturated rings. The van der Waals surface area contributed by atoms with Gasteiger partial charge in [-0.2, -0.15) is 0 Å². The third kappa shape index (κ3) is 1.91. The van der Waals surface area contributed by atoms with Crippen LogP contribution in [0.5, 0.6) is 0 Å². The number of carbonyl (C=O) groups excluding carboxylic acids is 1. The number of nitrogens with zero attached hydrogens (tertiary/aromatic N) is 2. The Labute approximate surface area is 93.4 Å². The van der Waals surface area contributed by atoms with E-state index in [9.17, 15) is 9.18 Å². The minimum absolute atomic E-state index is 0.0847. The maximum atomic E-state index is 13.6. The molecule has 16 heavy (non-hydrogen) atoms. The van der Waals surface area contributed by atoms with E-state index in [-0.39, 0.29) is 11.7 Å². The van der Waals surface area contributed by atoms with Crippen molar-refractivity contribution in [3.05, 3.63) is 30.1 Å². The van der Waals surface area contributed by atoms with E-state index < -0.39 is 0 Å². The van der Waals surface area contributed by atoms with Crippen molar-refractivity contribution in [2.75, 3.05) is 24.6 Å². The summed E-state index contributed by atoms with van der Waals surface area (Å²) in [7, 11) is 0. The lowest BCUT2D eigenvalue weighted by Gasteiger charge is -2.27. The Morgan fingerprint density at radius 1 is 1.38 bits per heavy atom.